The van der Waals surface area contributed by atoms with Gasteiger partial charge in [0, 0.05) is 6.42 Å². The van der Waals surface area contributed by atoms with Crippen LogP contribution in [0.5, 0.6) is 0 Å². The number of hydrogen-bond donors (Lipinski definition) is 0. The highest BCUT2D eigenvalue weighted by Gasteiger charge is 2.45. The third kappa shape index (κ3) is 1.85. The van der Waals surface area contributed by atoms with Crippen molar-refractivity contribution in [3.8, 4) is 0 Å². The molecule has 0 spiro atoms. The van der Waals surface area contributed by atoms with E-state index in [4.69, 9.17) is 0 Å². The van der Waals surface area contributed by atoms with E-state index in [-0.39, 0.29) is 6.42 Å². The van der Waals surface area contributed by atoms with Gasteiger partial charge in [0.15, 0.2) is 0 Å². The summed E-state index contributed by atoms with van der Waals surface area (Å²) in [6, 6.07) is 0. The van der Waals surface area contributed by atoms with E-state index in [1.54, 1.807) is 6.92 Å². The van der Waals surface area contributed by atoms with Gasteiger partial charge >= 0.3 is 6.18 Å². The quantitative estimate of drug-likeness (QED) is 0.586. The van der Waals surface area contributed by atoms with Gasteiger partial charge in [0.25, 0.3) is 0 Å². The topological polar surface area (TPSA) is 21.6 Å². The largest absolute Gasteiger partial charge is 0.428 e. The molecule has 64 valence electrons. The van der Waals surface area contributed by atoms with Crippen LogP contribution in [0.15, 0.2) is 5.16 Å². The minimum atomic E-state index is -4.28. The molecule has 0 N–H and O–H groups in total. The molecule has 5 heteroatoms. The van der Waals surface area contributed by atoms with Gasteiger partial charge in [-0.15, -0.1) is 0 Å². The van der Waals surface area contributed by atoms with Crippen LogP contribution in [0.25, 0.3) is 0 Å². The van der Waals surface area contributed by atoms with Crippen molar-refractivity contribution in [1.82, 2.24) is 0 Å². The van der Waals surface area contributed by atoms with Crippen LogP contribution in [-0.4, -0.2) is 18.0 Å². The van der Waals surface area contributed by atoms with Crippen molar-refractivity contribution in [1.29, 1.82) is 0 Å². The summed E-state index contributed by atoms with van der Waals surface area (Å²) in [5.74, 6) is 0. The Labute approximate surface area is 62.0 Å². The summed E-state index contributed by atoms with van der Waals surface area (Å²) >= 11 is 0. The summed E-state index contributed by atoms with van der Waals surface area (Å²) in [5, 5.41) is 3.30. The standard InChI is InChI=1S/C6H8F3NO/c1-2-4-3-5(11-10-4)6(7,8)9/h5H,2-3H2,1H3. The van der Waals surface area contributed by atoms with Crippen molar-refractivity contribution in [2.75, 3.05) is 0 Å². The van der Waals surface area contributed by atoms with Crippen LogP contribution in [-0.2, 0) is 4.84 Å². The Bertz CT molecular complexity index is 175. The summed E-state index contributed by atoms with van der Waals surface area (Å²) in [6.45, 7) is 1.75. The highest BCUT2D eigenvalue weighted by atomic mass is 19.4. The van der Waals surface area contributed by atoms with E-state index in [1.807, 2.05) is 0 Å². The summed E-state index contributed by atoms with van der Waals surface area (Å²) in [7, 11) is 0. The van der Waals surface area contributed by atoms with Gasteiger partial charge in [0.1, 0.15) is 0 Å². The van der Waals surface area contributed by atoms with Gasteiger partial charge in [-0.05, 0) is 6.42 Å². The molecule has 1 atom stereocenters. The average molecular weight is 167 g/mol. The van der Waals surface area contributed by atoms with Crippen LogP contribution in [0.4, 0.5) is 13.2 Å². The first-order chi connectivity index (χ1) is 5.04. The molecule has 11 heavy (non-hydrogen) atoms. The van der Waals surface area contributed by atoms with Gasteiger partial charge in [-0.25, -0.2) is 0 Å². The van der Waals surface area contributed by atoms with Crippen LogP contribution in [0.3, 0.4) is 0 Å². The fourth-order valence-corrected chi connectivity index (χ4v) is 0.811. The van der Waals surface area contributed by atoms with Crippen LogP contribution in [0.2, 0.25) is 0 Å². The molecule has 0 saturated carbocycles. The maximum Gasteiger partial charge on any atom is 0.428 e. The van der Waals surface area contributed by atoms with Gasteiger partial charge in [-0.2, -0.15) is 13.2 Å². The molecule has 2 nitrogen and oxygen atoms in total. The molecular weight excluding hydrogens is 159 g/mol. The van der Waals surface area contributed by atoms with Crippen LogP contribution in [0.1, 0.15) is 19.8 Å². The number of nitrogens with zero attached hydrogens (tertiary/aromatic N) is 1. The van der Waals surface area contributed by atoms with E-state index in [0.29, 0.717) is 12.1 Å². The summed E-state index contributed by atoms with van der Waals surface area (Å²) in [5.41, 5.74) is 0.479. The molecule has 0 aromatic rings. The SMILES string of the molecule is CCC1=NOC(C(F)(F)F)C1. The second-order valence-electron chi connectivity index (χ2n) is 2.35. The number of halogens is 3. The van der Waals surface area contributed by atoms with Gasteiger partial charge in [-0.3, -0.25) is 0 Å². The zero-order valence-corrected chi connectivity index (χ0v) is 5.98. The van der Waals surface area contributed by atoms with E-state index in [9.17, 15) is 13.2 Å². The normalized spacial score (nSPS) is 24.7. The summed E-state index contributed by atoms with van der Waals surface area (Å²) in [6.07, 6.45) is -5.58. The Balaban J connectivity index is 2.48. The predicted octanol–water partition coefficient (Wildman–Crippen LogP) is 2.10. The Hall–Kier alpha value is -0.740. The summed E-state index contributed by atoms with van der Waals surface area (Å²) < 4.78 is 35.6. The molecule has 0 saturated heterocycles. The van der Waals surface area contributed by atoms with E-state index in [1.165, 1.54) is 0 Å². The molecule has 0 radical (unpaired) electrons. The number of oxime groups is 1. The molecule has 1 rings (SSSR count). The van der Waals surface area contributed by atoms with E-state index in [2.05, 4.69) is 9.99 Å². The monoisotopic (exact) mass is 167 g/mol. The van der Waals surface area contributed by atoms with Crippen molar-refractivity contribution in [2.45, 2.75) is 32.0 Å². The maximum absolute atomic E-state index is 11.9. The zero-order chi connectivity index (χ0) is 8.48. The lowest BCUT2D eigenvalue weighted by Gasteiger charge is -2.11. The number of hydrogen-bond acceptors (Lipinski definition) is 2. The van der Waals surface area contributed by atoms with Crippen LogP contribution in [0, 0.1) is 0 Å². The molecule has 1 heterocycles. The van der Waals surface area contributed by atoms with E-state index >= 15 is 0 Å². The van der Waals surface area contributed by atoms with Gasteiger partial charge < -0.3 is 4.84 Å². The van der Waals surface area contributed by atoms with Crippen LogP contribution >= 0.6 is 0 Å². The van der Waals surface area contributed by atoms with Crippen LogP contribution < -0.4 is 0 Å². The van der Waals surface area contributed by atoms with Crippen molar-refractivity contribution < 1.29 is 18.0 Å². The first-order valence-corrected chi connectivity index (χ1v) is 3.32. The second-order valence-corrected chi connectivity index (χ2v) is 2.35. The van der Waals surface area contributed by atoms with Crippen molar-refractivity contribution in [3.63, 3.8) is 0 Å². The zero-order valence-electron chi connectivity index (χ0n) is 5.98. The van der Waals surface area contributed by atoms with Crippen molar-refractivity contribution in [2.24, 2.45) is 5.16 Å². The third-order valence-electron chi connectivity index (χ3n) is 1.50. The lowest BCUT2D eigenvalue weighted by molar-refractivity contribution is -0.212. The molecular formula is C6H8F3NO. The molecule has 0 aromatic heterocycles. The molecule has 0 fully saturated rings. The lowest BCUT2D eigenvalue weighted by Crippen LogP contribution is -2.28. The minimum absolute atomic E-state index is 0.111. The molecule has 0 bridgehead atoms. The lowest BCUT2D eigenvalue weighted by atomic mass is 10.1. The highest BCUT2D eigenvalue weighted by Crippen LogP contribution is 2.29. The Morgan fingerprint density at radius 2 is 2.27 bits per heavy atom. The van der Waals surface area contributed by atoms with Gasteiger partial charge in [0.05, 0.1) is 5.71 Å². The fourth-order valence-electron chi connectivity index (χ4n) is 0.811. The number of rotatable bonds is 1. The third-order valence-corrected chi connectivity index (χ3v) is 1.50. The first-order valence-electron chi connectivity index (χ1n) is 3.32. The fraction of sp³-hybridized carbons (Fsp3) is 0.833. The molecule has 0 aliphatic carbocycles. The summed E-state index contributed by atoms with van der Waals surface area (Å²) in [4.78, 5) is 4.18. The Morgan fingerprint density at radius 3 is 2.55 bits per heavy atom. The maximum atomic E-state index is 11.9. The Morgan fingerprint density at radius 1 is 1.64 bits per heavy atom. The van der Waals surface area contributed by atoms with Crippen molar-refractivity contribution >= 4 is 5.71 Å². The Kier molecular flexibility index (Phi) is 2.06. The molecule has 1 unspecified atom stereocenters. The van der Waals surface area contributed by atoms with Crippen molar-refractivity contribution in [3.05, 3.63) is 0 Å². The smallest absolute Gasteiger partial charge is 0.382 e. The number of alkyl halides is 3. The van der Waals surface area contributed by atoms with Gasteiger partial charge in [0.2, 0.25) is 6.10 Å². The van der Waals surface area contributed by atoms with Gasteiger partial charge in [-0.1, -0.05) is 12.1 Å². The molecule has 1 aliphatic heterocycles. The van der Waals surface area contributed by atoms with E-state index < -0.39 is 12.3 Å². The molecule has 0 aromatic carbocycles. The predicted molar refractivity (Wildman–Crippen MR) is 33.3 cm³/mol. The molecule has 1 aliphatic rings. The molecule has 0 amide bonds. The highest BCUT2D eigenvalue weighted by molar-refractivity contribution is 5.85. The van der Waals surface area contributed by atoms with E-state index in [0.717, 1.165) is 0 Å². The average Bonchev–Trinajstić information content (AvgIpc) is 2.32. The first kappa shape index (κ1) is 8.36. The minimum Gasteiger partial charge on any atom is -0.382 e. The second kappa shape index (κ2) is 2.71.